The first kappa shape index (κ1) is 12.3. The van der Waals surface area contributed by atoms with E-state index in [4.69, 9.17) is 5.73 Å². The number of hydrogen-bond donors (Lipinski definition) is 3. The van der Waals surface area contributed by atoms with Gasteiger partial charge in [-0.3, -0.25) is 4.99 Å². The zero-order valence-electron chi connectivity index (χ0n) is 9.58. The number of nitrogens with two attached hydrogens (primary N) is 1. The van der Waals surface area contributed by atoms with Crippen molar-refractivity contribution >= 4 is 5.96 Å². The Kier molecular flexibility index (Phi) is 5.47. The Morgan fingerprint density at radius 2 is 2.33 bits per heavy atom. The molecule has 0 saturated heterocycles. The van der Waals surface area contributed by atoms with Crippen LogP contribution in [-0.2, 0) is 0 Å². The minimum Gasteiger partial charge on any atom is -0.393 e. The Morgan fingerprint density at radius 1 is 1.53 bits per heavy atom. The van der Waals surface area contributed by atoms with Crippen molar-refractivity contribution in [1.82, 2.24) is 5.32 Å². The maximum absolute atomic E-state index is 9.49. The Morgan fingerprint density at radius 3 is 3.00 bits per heavy atom. The van der Waals surface area contributed by atoms with E-state index in [1.165, 1.54) is 6.42 Å². The third-order valence-electron chi connectivity index (χ3n) is 2.83. The van der Waals surface area contributed by atoms with Gasteiger partial charge in [0.25, 0.3) is 0 Å². The molecule has 1 rings (SSSR count). The molecule has 15 heavy (non-hydrogen) atoms. The molecule has 0 radical (unpaired) electrons. The third-order valence-corrected chi connectivity index (χ3v) is 2.83. The van der Waals surface area contributed by atoms with E-state index in [-0.39, 0.29) is 6.10 Å². The van der Waals surface area contributed by atoms with Gasteiger partial charge >= 0.3 is 0 Å². The van der Waals surface area contributed by atoms with Gasteiger partial charge in [0.2, 0.25) is 0 Å². The summed E-state index contributed by atoms with van der Waals surface area (Å²) < 4.78 is 0. The van der Waals surface area contributed by atoms with Gasteiger partial charge in [0.15, 0.2) is 5.96 Å². The first-order valence-corrected chi connectivity index (χ1v) is 5.94. The number of aliphatic imine (C=N–C) groups is 1. The van der Waals surface area contributed by atoms with Gasteiger partial charge in [0.1, 0.15) is 0 Å². The second kappa shape index (κ2) is 6.67. The molecule has 2 unspecified atom stereocenters. The van der Waals surface area contributed by atoms with Crippen molar-refractivity contribution in [2.75, 3.05) is 13.1 Å². The molecule has 0 aromatic carbocycles. The first-order valence-electron chi connectivity index (χ1n) is 5.94. The highest BCUT2D eigenvalue weighted by Gasteiger charge is 2.19. The lowest BCUT2D eigenvalue weighted by molar-refractivity contribution is 0.103. The van der Waals surface area contributed by atoms with Gasteiger partial charge in [-0.1, -0.05) is 13.3 Å². The van der Waals surface area contributed by atoms with Crippen LogP contribution >= 0.6 is 0 Å². The van der Waals surface area contributed by atoms with Crippen molar-refractivity contribution in [1.29, 1.82) is 0 Å². The van der Waals surface area contributed by atoms with Crippen molar-refractivity contribution in [2.24, 2.45) is 16.6 Å². The summed E-state index contributed by atoms with van der Waals surface area (Å²) >= 11 is 0. The third kappa shape index (κ3) is 5.02. The predicted molar refractivity (Wildman–Crippen MR) is 62.7 cm³/mol. The second-order valence-electron chi connectivity index (χ2n) is 4.34. The summed E-state index contributed by atoms with van der Waals surface area (Å²) in [5.41, 5.74) is 5.69. The van der Waals surface area contributed by atoms with Crippen LogP contribution in [0.25, 0.3) is 0 Å². The molecule has 0 aromatic rings. The fourth-order valence-corrected chi connectivity index (χ4v) is 1.96. The van der Waals surface area contributed by atoms with Crippen LogP contribution in [0.4, 0.5) is 0 Å². The molecule has 88 valence electrons. The summed E-state index contributed by atoms with van der Waals surface area (Å²) in [7, 11) is 0. The van der Waals surface area contributed by atoms with Gasteiger partial charge < -0.3 is 16.2 Å². The van der Waals surface area contributed by atoms with Crippen LogP contribution in [0.3, 0.4) is 0 Å². The molecule has 4 nitrogen and oxygen atoms in total. The Hall–Kier alpha value is -0.770. The Bertz CT molecular complexity index is 206. The maximum Gasteiger partial charge on any atom is 0.188 e. The van der Waals surface area contributed by atoms with Gasteiger partial charge in [-0.25, -0.2) is 0 Å². The van der Waals surface area contributed by atoms with E-state index in [0.717, 1.165) is 38.8 Å². The molecule has 1 saturated carbocycles. The molecule has 1 fully saturated rings. The molecule has 0 bridgehead atoms. The number of aliphatic hydroxyl groups excluding tert-OH is 1. The van der Waals surface area contributed by atoms with Gasteiger partial charge in [0, 0.05) is 13.1 Å². The summed E-state index contributed by atoms with van der Waals surface area (Å²) in [6.07, 6.45) is 5.04. The number of aliphatic hydroxyl groups is 1. The van der Waals surface area contributed by atoms with Crippen molar-refractivity contribution in [3.63, 3.8) is 0 Å². The molecule has 2 atom stereocenters. The summed E-state index contributed by atoms with van der Waals surface area (Å²) in [6, 6.07) is 0. The van der Waals surface area contributed by atoms with E-state index in [1.807, 2.05) is 0 Å². The summed E-state index contributed by atoms with van der Waals surface area (Å²) in [5.74, 6) is 1.05. The van der Waals surface area contributed by atoms with Crippen molar-refractivity contribution in [3.8, 4) is 0 Å². The minimum atomic E-state index is -0.122. The predicted octanol–water partition coefficient (Wildman–Crippen LogP) is 0.852. The van der Waals surface area contributed by atoms with E-state index in [2.05, 4.69) is 17.2 Å². The van der Waals surface area contributed by atoms with E-state index >= 15 is 0 Å². The van der Waals surface area contributed by atoms with Crippen LogP contribution in [0.2, 0.25) is 0 Å². The quantitative estimate of drug-likeness (QED) is 0.479. The molecule has 1 aliphatic carbocycles. The number of nitrogens with one attached hydrogen (secondary N) is 1. The monoisotopic (exact) mass is 213 g/mol. The Balaban J connectivity index is 2.22. The van der Waals surface area contributed by atoms with Gasteiger partial charge in [-0.15, -0.1) is 0 Å². The molecule has 0 spiro atoms. The van der Waals surface area contributed by atoms with Crippen LogP contribution in [0.5, 0.6) is 0 Å². The lowest BCUT2D eigenvalue weighted by Crippen LogP contribution is -2.33. The zero-order chi connectivity index (χ0) is 11.1. The fraction of sp³-hybridized carbons (Fsp3) is 0.909. The standard InChI is InChI=1S/C11H23N3O/c1-2-6-13-11(12)14-8-9-4-3-5-10(15)7-9/h9-10,15H,2-8H2,1H3,(H3,12,13,14). The summed E-state index contributed by atoms with van der Waals surface area (Å²) in [5, 5.41) is 12.5. The molecular formula is C11H23N3O. The number of rotatable bonds is 4. The van der Waals surface area contributed by atoms with E-state index in [1.54, 1.807) is 0 Å². The number of guanidine groups is 1. The van der Waals surface area contributed by atoms with Crippen LogP contribution in [-0.4, -0.2) is 30.3 Å². The lowest BCUT2D eigenvalue weighted by Gasteiger charge is -2.24. The van der Waals surface area contributed by atoms with Crippen LogP contribution in [0.1, 0.15) is 39.0 Å². The molecule has 0 heterocycles. The average Bonchev–Trinajstić information content (AvgIpc) is 2.23. The normalized spacial score (nSPS) is 27.7. The molecule has 0 aromatic heterocycles. The average molecular weight is 213 g/mol. The van der Waals surface area contributed by atoms with Crippen LogP contribution < -0.4 is 11.1 Å². The largest absolute Gasteiger partial charge is 0.393 e. The summed E-state index contributed by atoms with van der Waals surface area (Å²) in [6.45, 7) is 3.72. The highest BCUT2D eigenvalue weighted by atomic mass is 16.3. The van der Waals surface area contributed by atoms with Crippen LogP contribution in [0, 0.1) is 5.92 Å². The highest BCUT2D eigenvalue weighted by Crippen LogP contribution is 2.24. The molecule has 0 aliphatic heterocycles. The fourth-order valence-electron chi connectivity index (χ4n) is 1.96. The Labute approximate surface area is 92.0 Å². The van der Waals surface area contributed by atoms with Crippen molar-refractivity contribution in [3.05, 3.63) is 0 Å². The summed E-state index contributed by atoms with van der Waals surface area (Å²) in [4.78, 5) is 4.29. The molecular weight excluding hydrogens is 190 g/mol. The van der Waals surface area contributed by atoms with E-state index < -0.39 is 0 Å². The number of hydrogen-bond acceptors (Lipinski definition) is 2. The lowest BCUT2D eigenvalue weighted by atomic mass is 9.87. The van der Waals surface area contributed by atoms with Gasteiger partial charge in [-0.2, -0.15) is 0 Å². The molecule has 0 amide bonds. The minimum absolute atomic E-state index is 0.122. The first-order chi connectivity index (χ1) is 7.22. The molecule has 4 N–H and O–H groups in total. The van der Waals surface area contributed by atoms with Gasteiger partial charge in [-0.05, 0) is 31.6 Å². The highest BCUT2D eigenvalue weighted by molar-refractivity contribution is 5.77. The van der Waals surface area contributed by atoms with E-state index in [0.29, 0.717) is 11.9 Å². The zero-order valence-corrected chi connectivity index (χ0v) is 9.58. The van der Waals surface area contributed by atoms with Crippen molar-refractivity contribution in [2.45, 2.75) is 45.1 Å². The smallest absolute Gasteiger partial charge is 0.188 e. The van der Waals surface area contributed by atoms with E-state index in [9.17, 15) is 5.11 Å². The second-order valence-corrected chi connectivity index (χ2v) is 4.34. The maximum atomic E-state index is 9.49. The van der Waals surface area contributed by atoms with Gasteiger partial charge in [0.05, 0.1) is 6.10 Å². The van der Waals surface area contributed by atoms with Crippen molar-refractivity contribution < 1.29 is 5.11 Å². The molecule has 1 aliphatic rings. The molecule has 4 heteroatoms. The number of nitrogens with zero attached hydrogens (tertiary/aromatic N) is 1. The SMILES string of the molecule is CCCNC(N)=NCC1CCCC(O)C1. The van der Waals surface area contributed by atoms with Crippen LogP contribution in [0.15, 0.2) is 4.99 Å². The topological polar surface area (TPSA) is 70.6 Å².